The number of hydrogen-bond acceptors (Lipinski definition) is 8. The van der Waals surface area contributed by atoms with Gasteiger partial charge >= 0.3 is 19.1 Å². The van der Waals surface area contributed by atoms with Crippen molar-refractivity contribution in [2.75, 3.05) is 6.61 Å². The first-order chi connectivity index (χ1) is 24.7. The number of ether oxygens (including phenoxy) is 1. The maximum Gasteiger partial charge on any atom is 0.334 e. The normalized spacial score (nSPS) is 17.8. The van der Waals surface area contributed by atoms with Crippen molar-refractivity contribution in [3.8, 4) is 22.5 Å². The fraction of sp³-hybridized carbons (Fsp3) is 0.444. The number of hydrogen-bond donors (Lipinski definition) is 1. The molecule has 3 atom stereocenters. The summed E-state index contributed by atoms with van der Waals surface area (Å²) in [5, 5.41) is 7.63. The molecule has 2 aromatic carbocycles. The third-order valence-electron chi connectivity index (χ3n) is 9.12. The lowest BCUT2D eigenvalue weighted by atomic mass is 9.75. The smallest absolute Gasteiger partial charge is 0.334 e. The third kappa shape index (κ3) is 8.37. The second-order valence-corrected chi connectivity index (χ2v) is 15.3. The lowest BCUT2D eigenvalue weighted by Gasteiger charge is -2.35. The molecule has 1 aliphatic rings. The van der Waals surface area contributed by atoms with Crippen LogP contribution in [0.25, 0.3) is 22.5 Å². The first-order valence-electron chi connectivity index (χ1n) is 16.6. The van der Waals surface area contributed by atoms with Crippen LogP contribution in [0.15, 0.2) is 66.2 Å². The quantitative estimate of drug-likeness (QED) is 0.108. The van der Waals surface area contributed by atoms with E-state index >= 15 is 0 Å². The number of aliphatic imine (C=N–C) groups is 1. The van der Waals surface area contributed by atoms with Crippen molar-refractivity contribution in [2.24, 2.45) is 21.6 Å². The first-order valence-corrected chi connectivity index (χ1v) is 17.0. The largest absolute Gasteiger partial charge is 0.463 e. The van der Waals surface area contributed by atoms with E-state index in [2.05, 4.69) is 15.2 Å². The van der Waals surface area contributed by atoms with E-state index < -0.39 is 60.2 Å². The molecule has 4 aromatic rings. The fourth-order valence-corrected chi connectivity index (χ4v) is 6.28. The van der Waals surface area contributed by atoms with Gasteiger partial charge in [-0.05, 0) is 47.6 Å². The van der Waals surface area contributed by atoms with Gasteiger partial charge in [-0.2, -0.15) is 27.3 Å². The Balaban J connectivity index is 1.57. The zero-order chi connectivity index (χ0) is 39.0. The summed E-state index contributed by atoms with van der Waals surface area (Å²) in [6, 6.07) is 10.0. The second kappa shape index (κ2) is 14.9. The van der Waals surface area contributed by atoms with Gasteiger partial charge in [0, 0.05) is 22.7 Å². The summed E-state index contributed by atoms with van der Waals surface area (Å²) in [4.78, 5) is 38.0. The van der Waals surface area contributed by atoms with Crippen LogP contribution in [0, 0.1) is 10.8 Å². The average Bonchev–Trinajstić information content (AvgIpc) is 3.81. The molecule has 1 aliphatic heterocycles. The minimum atomic E-state index is -2.96. The molecule has 2 aromatic heterocycles. The molecular formula is C36H40ClF5N8O3. The number of esters is 1. The van der Waals surface area contributed by atoms with Gasteiger partial charge in [-0.3, -0.25) is 14.5 Å². The number of guanidine groups is 1. The zero-order valence-corrected chi connectivity index (χ0v) is 30.7. The van der Waals surface area contributed by atoms with Crippen molar-refractivity contribution in [3.05, 3.63) is 77.3 Å². The van der Waals surface area contributed by atoms with Gasteiger partial charge in [-0.1, -0.05) is 76.6 Å². The number of nitrogens with two attached hydrogens (primary N) is 1. The highest BCUT2D eigenvalue weighted by Crippen LogP contribution is 2.45. The minimum Gasteiger partial charge on any atom is -0.463 e. The average molecular weight is 763 g/mol. The van der Waals surface area contributed by atoms with Crippen molar-refractivity contribution in [3.63, 3.8) is 0 Å². The highest BCUT2D eigenvalue weighted by atomic mass is 35.5. The number of rotatable bonds is 13. The Bertz CT molecular complexity index is 1990. The summed E-state index contributed by atoms with van der Waals surface area (Å²) >= 11 is 6.47. The van der Waals surface area contributed by atoms with Crippen LogP contribution in [0.2, 0.25) is 5.02 Å². The van der Waals surface area contributed by atoms with Crippen molar-refractivity contribution < 1.29 is 36.3 Å². The molecule has 0 radical (unpaired) electrons. The molecule has 1 amide bonds. The van der Waals surface area contributed by atoms with Gasteiger partial charge in [-0.25, -0.2) is 19.0 Å². The van der Waals surface area contributed by atoms with E-state index in [1.807, 2.05) is 20.8 Å². The van der Waals surface area contributed by atoms with Crippen LogP contribution in [0.3, 0.4) is 0 Å². The van der Waals surface area contributed by atoms with E-state index in [-0.39, 0.29) is 35.2 Å². The predicted octanol–water partition coefficient (Wildman–Crippen LogP) is 8.10. The number of nitrogens with zero attached hydrogens (tertiary/aromatic N) is 7. The van der Waals surface area contributed by atoms with Crippen LogP contribution in [-0.4, -0.2) is 60.1 Å². The Morgan fingerprint density at radius 2 is 1.64 bits per heavy atom. The van der Waals surface area contributed by atoms with Crippen molar-refractivity contribution in [2.45, 2.75) is 85.2 Å². The van der Waals surface area contributed by atoms with E-state index in [4.69, 9.17) is 27.1 Å². The first kappa shape index (κ1) is 39.3. The maximum absolute atomic E-state index is 14.9. The van der Waals surface area contributed by atoms with Gasteiger partial charge in [0.25, 0.3) is 5.91 Å². The minimum absolute atomic E-state index is 0.117. The van der Waals surface area contributed by atoms with Crippen LogP contribution < -0.4 is 5.73 Å². The van der Waals surface area contributed by atoms with Gasteiger partial charge in [0.2, 0.25) is 0 Å². The summed E-state index contributed by atoms with van der Waals surface area (Å²) in [5.74, 6) is -1.61. The lowest BCUT2D eigenvalue weighted by Crippen LogP contribution is -2.47. The van der Waals surface area contributed by atoms with Crippen molar-refractivity contribution >= 4 is 29.4 Å². The van der Waals surface area contributed by atoms with E-state index in [0.717, 1.165) is 6.33 Å². The van der Waals surface area contributed by atoms with Gasteiger partial charge in [0.1, 0.15) is 19.1 Å². The van der Waals surface area contributed by atoms with Crippen LogP contribution >= 0.6 is 11.6 Å². The van der Waals surface area contributed by atoms with E-state index in [1.54, 1.807) is 44.2 Å². The summed E-state index contributed by atoms with van der Waals surface area (Å²) in [6.45, 7) is 4.06. The maximum atomic E-state index is 14.9. The lowest BCUT2D eigenvalue weighted by molar-refractivity contribution is -0.150. The summed E-state index contributed by atoms with van der Waals surface area (Å²) < 4.78 is 73.9. The van der Waals surface area contributed by atoms with Gasteiger partial charge in [0.15, 0.2) is 17.3 Å². The number of benzene rings is 2. The molecule has 0 bridgehead atoms. The Kier molecular flexibility index (Phi) is 11.0. The topological polar surface area (TPSA) is 134 Å². The molecule has 2 N–H and O–H groups in total. The SMILES string of the molecule is CC(F)C(C)(C)CC(=O)OC[C@H](c1ccc(Cl)c(-c2ncn(C(F)F)n2)c1)N1C(=O)[C@@](CC(C)(C)C)(c2ccc(-c3cnn(C(F)F)c3)cc2)N=C1N. The molecule has 53 heavy (non-hydrogen) atoms. The number of carbonyl (C=O) groups is 2. The summed E-state index contributed by atoms with van der Waals surface area (Å²) in [6.07, 6.45) is 1.93. The highest BCUT2D eigenvalue weighted by molar-refractivity contribution is 6.33. The molecule has 284 valence electrons. The van der Waals surface area contributed by atoms with Gasteiger partial charge < -0.3 is 10.5 Å². The van der Waals surface area contributed by atoms with Crippen molar-refractivity contribution in [1.82, 2.24) is 29.4 Å². The number of alkyl halides is 5. The summed E-state index contributed by atoms with van der Waals surface area (Å²) in [5.41, 5.74) is 5.42. The molecular weight excluding hydrogens is 723 g/mol. The Hall–Kier alpha value is -4.86. The van der Waals surface area contributed by atoms with Gasteiger partial charge in [0.05, 0.1) is 23.7 Å². The van der Waals surface area contributed by atoms with Crippen LogP contribution in [0.1, 0.15) is 84.7 Å². The fourth-order valence-electron chi connectivity index (χ4n) is 6.08. The Morgan fingerprint density at radius 3 is 2.21 bits per heavy atom. The molecule has 0 saturated heterocycles. The van der Waals surface area contributed by atoms with Crippen LogP contribution in [0.5, 0.6) is 0 Å². The zero-order valence-electron chi connectivity index (χ0n) is 29.9. The van der Waals surface area contributed by atoms with Crippen LogP contribution in [-0.2, 0) is 19.9 Å². The molecule has 1 unspecified atom stereocenters. The summed E-state index contributed by atoms with van der Waals surface area (Å²) in [7, 11) is 0. The number of aromatic nitrogens is 5. The number of halogens is 6. The molecule has 17 heteroatoms. The van der Waals surface area contributed by atoms with Crippen LogP contribution in [0.4, 0.5) is 22.0 Å². The molecule has 5 rings (SSSR count). The second-order valence-electron chi connectivity index (χ2n) is 14.9. The van der Waals surface area contributed by atoms with Crippen molar-refractivity contribution in [1.29, 1.82) is 0 Å². The molecule has 3 heterocycles. The Labute approximate surface area is 308 Å². The van der Waals surface area contributed by atoms with E-state index in [0.29, 0.717) is 31.6 Å². The molecule has 0 fully saturated rings. The monoisotopic (exact) mass is 762 g/mol. The standard InChI is InChI=1S/C36H40ClF5N8O3/c1-20(38)35(5,6)14-28(51)53-17-27(22-9-12-26(37)25(13-22)29-44-19-49(47-29)32(41)42)50-30(52)36(46-33(50)43,18-34(2,3)4)24-10-7-21(8-11-24)23-15-45-48(16-23)31(39)40/h7-13,15-16,19-20,27,31-32H,14,17-18H2,1-6H3,(H2,43,46)/t20?,27-,36-/m1/s1. The molecule has 11 nitrogen and oxygen atoms in total. The van der Waals surface area contributed by atoms with Gasteiger partial charge in [-0.15, -0.1) is 5.10 Å². The molecule has 0 spiro atoms. The number of amides is 1. The van der Waals surface area contributed by atoms with E-state index in [9.17, 15) is 31.5 Å². The molecule has 0 saturated carbocycles. The predicted molar refractivity (Wildman–Crippen MR) is 188 cm³/mol. The third-order valence-corrected chi connectivity index (χ3v) is 9.45. The Morgan fingerprint density at radius 1 is 0.981 bits per heavy atom. The van der Waals surface area contributed by atoms with E-state index in [1.165, 1.54) is 36.4 Å². The highest BCUT2D eigenvalue weighted by Gasteiger charge is 2.53. The molecule has 0 aliphatic carbocycles. The number of carbonyl (C=O) groups excluding carboxylic acids is 2.